The second-order valence-corrected chi connectivity index (χ2v) is 6.62. The van der Waals surface area contributed by atoms with Crippen LogP contribution in [0.25, 0.3) is 11.1 Å². The number of amides is 1. The Bertz CT molecular complexity index is 1010. The Balaban J connectivity index is 1.46. The molecule has 1 amide bonds. The fourth-order valence-electron chi connectivity index (χ4n) is 3.63. The van der Waals surface area contributed by atoms with Crippen LogP contribution in [0.15, 0.2) is 72.8 Å². The van der Waals surface area contributed by atoms with Crippen LogP contribution in [0.5, 0.6) is 0 Å². The predicted molar refractivity (Wildman–Crippen MR) is 106 cm³/mol. The van der Waals surface area contributed by atoms with E-state index >= 15 is 0 Å². The summed E-state index contributed by atoms with van der Waals surface area (Å²) < 4.78 is 18.6. The molecule has 1 unspecified atom stereocenters. The molecule has 0 aromatic heterocycles. The smallest absolute Gasteiger partial charge is 0.408 e. The van der Waals surface area contributed by atoms with Crippen molar-refractivity contribution in [1.82, 2.24) is 5.32 Å². The van der Waals surface area contributed by atoms with E-state index in [0.29, 0.717) is 5.56 Å². The van der Waals surface area contributed by atoms with Crippen molar-refractivity contribution in [1.29, 1.82) is 0 Å². The first-order valence-corrected chi connectivity index (χ1v) is 9.00. The first-order chi connectivity index (χ1) is 13.7. The predicted octanol–water partition coefficient (Wildman–Crippen LogP) is 5.04. The highest BCUT2D eigenvalue weighted by Gasteiger charge is 2.29. The lowest BCUT2D eigenvalue weighted by Gasteiger charge is -2.17. The molecule has 0 bridgehead atoms. The molecule has 138 valence electrons. The Hall–Kier alpha value is -3.58. The fourth-order valence-corrected chi connectivity index (χ4v) is 3.63. The number of fused-ring (bicyclic) bond motifs is 3. The number of nitrogens with one attached hydrogen (secondary N) is 1. The average molecular weight is 371 g/mol. The zero-order valence-electron chi connectivity index (χ0n) is 15.1. The highest BCUT2D eigenvalue weighted by Crippen LogP contribution is 2.44. The Morgan fingerprint density at radius 3 is 2.14 bits per heavy atom. The molecular formula is C24H18FNO2. The van der Waals surface area contributed by atoms with Gasteiger partial charge in [-0.15, -0.1) is 6.42 Å². The van der Waals surface area contributed by atoms with Crippen molar-refractivity contribution in [2.24, 2.45) is 0 Å². The molecule has 0 aliphatic heterocycles. The van der Waals surface area contributed by atoms with E-state index in [2.05, 4.69) is 35.5 Å². The third-order valence-electron chi connectivity index (χ3n) is 4.98. The van der Waals surface area contributed by atoms with Crippen LogP contribution in [-0.2, 0) is 4.74 Å². The number of hydrogen-bond acceptors (Lipinski definition) is 2. The molecule has 0 saturated heterocycles. The molecule has 28 heavy (non-hydrogen) atoms. The maximum absolute atomic E-state index is 13.1. The minimum Gasteiger partial charge on any atom is -0.449 e. The molecule has 0 heterocycles. The van der Waals surface area contributed by atoms with Crippen LogP contribution in [-0.4, -0.2) is 12.7 Å². The molecule has 1 aliphatic carbocycles. The molecule has 0 radical (unpaired) electrons. The summed E-state index contributed by atoms with van der Waals surface area (Å²) in [7, 11) is 0. The van der Waals surface area contributed by atoms with Crippen LogP contribution >= 0.6 is 0 Å². The number of halogens is 1. The molecule has 0 spiro atoms. The third-order valence-corrected chi connectivity index (χ3v) is 4.98. The third kappa shape index (κ3) is 3.35. The lowest BCUT2D eigenvalue weighted by Crippen LogP contribution is -2.29. The minimum atomic E-state index is -0.684. The van der Waals surface area contributed by atoms with Crippen molar-refractivity contribution in [2.45, 2.75) is 12.0 Å². The van der Waals surface area contributed by atoms with Gasteiger partial charge in [-0.05, 0) is 39.9 Å². The zero-order valence-corrected chi connectivity index (χ0v) is 15.1. The summed E-state index contributed by atoms with van der Waals surface area (Å²) in [6, 6.07) is 21.3. The molecule has 4 rings (SSSR count). The van der Waals surface area contributed by atoms with Gasteiger partial charge in [0.25, 0.3) is 0 Å². The van der Waals surface area contributed by atoms with Gasteiger partial charge < -0.3 is 10.1 Å². The number of ether oxygens (including phenoxy) is 1. The van der Waals surface area contributed by atoms with E-state index in [0.717, 1.165) is 11.1 Å². The number of benzene rings is 3. The zero-order chi connectivity index (χ0) is 19.5. The topological polar surface area (TPSA) is 38.3 Å². The second kappa shape index (κ2) is 7.58. The lowest BCUT2D eigenvalue weighted by molar-refractivity contribution is 0.141. The normalized spacial score (nSPS) is 13.1. The molecule has 1 aliphatic rings. The highest BCUT2D eigenvalue weighted by atomic mass is 19.1. The number of terminal acetylenes is 1. The molecular weight excluding hydrogens is 353 g/mol. The van der Waals surface area contributed by atoms with E-state index in [1.807, 2.05) is 24.3 Å². The summed E-state index contributed by atoms with van der Waals surface area (Å²) in [5, 5.41) is 2.65. The van der Waals surface area contributed by atoms with E-state index in [9.17, 15) is 9.18 Å². The summed E-state index contributed by atoms with van der Waals surface area (Å²) >= 11 is 0. The van der Waals surface area contributed by atoms with Gasteiger partial charge >= 0.3 is 6.09 Å². The van der Waals surface area contributed by atoms with Crippen molar-refractivity contribution in [3.05, 3.63) is 95.3 Å². The lowest BCUT2D eigenvalue weighted by atomic mass is 9.98. The number of carbonyl (C=O) groups excluding carboxylic acids is 1. The molecule has 3 aromatic carbocycles. The van der Waals surface area contributed by atoms with Gasteiger partial charge in [-0.2, -0.15) is 0 Å². The van der Waals surface area contributed by atoms with E-state index in [1.165, 1.54) is 23.3 Å². The summed E-state index contributed by atoms with van der Waals surface area (Å²) in [4.78, 5) is 12.3. The van der Waals surface area contributed by atoms with Gasteiger partial charge in [-0.25, -0.2) is 9.18 Å². The number of carbonyl (C=O) groups is 1. The Kier molecular flexibility index (Phi) is 4.82. The van der Waals surface area contributed by atoms with Crippen LogP contribution in [0, 0.1) is 18.2 Å². The Labute approximate surface area is 163 Å². The van der Waals surface area contributed by atoms with E-state index in [1.54, 1.807) is 12.1 Å². The van der Waals surface area contributed by atoms with Crippen molar-refractivity contribution >= 4 is 6.09 Å². The molecule has 3 aromatic rings. The van der Waals surface area contributed by atoms with Crippen LogP contribution in [0.4, 0.5) is 9.18 Å². The van der Waals surface area contributed by atoms with Crippen LogP contribution < -0.4 is 5.32 Å². The van der Waals surface area contributed by atoms with Gasteiger partial charge in [-0.3, -0.25) is 0 Å². The van der Waals surface area contributed by atoms with Gasteiger partial charge in [0.2, 0.25) is 0 Å². The van der Waals surface area contributed by atoms with Crippen molar-refractivity contribution < 1.29 is 13.9 Å². The monoisotopic (exact) mass is 371 g/mol. The van der Waals surface area contributed by atoms with Crippen LogP contribution in [0.3, 0.4) is 0 Å². The summed E-state index contributed by atoms with van der Waals surface area (Å²) in [6.07, 6.45) is 4.92. The molecule has 0 fully saturated rings. The van der Waals surface area contributed by atoms with Crippen molar-refractivity contribution in [3.8, 4) is 23.5 Å². The average Bonchev–Trinajstić information content (AvgIpc) is 3.05. The summed E-state index contributed by atoms with van der Waals surface area (Å²) in [5.41, 5.74) is 5.24. The fraction of sp³-hybridized carbons (Fsp3) is 0.125. The highest BCUT2D eigenvalue weighted by molar-refractivity contribution is 5.79. The minimum absolute atomic E-state index is 0.0201. The van der Waals surface area contributed by atoms with Crippen molar-refractivity contribution in [2.75, 3.05) is 6.61 Å². The van der Waals surface area contributed by atoms with Gasteiger partial charge in [0.15, 0.2) is 0 Å². The van der Waals surface area contributed by atoms with Gasteiger partial charge in [-0.1, -0.05) is 66.6 Å². The SMILES string of the molecule is C#CC(NC(=O)OCC1c2ccccc2-c2ccccc21)c1ccc(F)cc1. The Morgan fingerprint density at radius 1 is 1.00 bits per heavy atom. The summed E-state index contributed by atoms with van der Waals surface area (Å²) in [6.45, 7) is 0.209. The summed E-state index contributed by atoms with van der Waals surface area (Å²) in [5.74, 6) is 2.11. The molecule has 1 N–H and O–H groups in total. The first kappa shape index (κ1) is 17.8. The Morgan fingerprint density at radius 2 is 1.57 bits per heavy atom. The van der Waals surface area contributed by atoms with E-state index < -0.39 is 12.1 Å². The molecule has 3 nitrogen and oxygen atoms in total. The van der Waals surface area contributed by atoms with Crippen molar-refractivity contribution in [3.63, 3.8) is 0 Å². The number of alkyl carbamates (subject to hydrolysis) is 1. The van der Waals surface area contributed by atoms with Crippen LogP contribution in [0.1, 0.15) is 28.7 Å². The quantitative estimate of drug-likeness (QED) is 0.653. The number of hydrogen-bond donors (Lipinski definition) is 1. The first-order valence-electron chi connectivity index (χ1n) is 9.00. The maximum Gasteiger partial charge on any atom is 0.408 e. The van der Waals surface area contributed by atoms with Gasteiger partial charge in [0, 0.05) is 5.92 Å². The van der Waals surface area contributed by atoms with E-state index in [-0.39, 0.29) is 18.3 Å². The number of rotatable bonds is 4. The molecule has 1 atom stereocenters. The second-order valence-electron chi connectivity index (χ2n) is 6.62. The van der Waals surface area contributed by atoms with Gasteiger partial charge in [0.1, 0.15) is 18.5 Å². The maximum atomic E-state index is 13.1. The molecule has 0 saturated carbocycles. The standard InChI is InChI=1S/C24H18FNO2/c1-2-23(16-11-13-17(25)14-12-16)26-24(27)28-15-22-20-9-5-3-7-18(20)19-8-4-6-10-21(19)22/h1,3-14,22-23H,15H2,(H,26,27). The van der Waals surface area contributed by atoms with E-state index in [4.69, 9.17) is 11.2 Å². The molecule has 4 heteroatoms. The van der Waals surface area contributed by atoms with Crippen LogP contribution in [0.2, 0.25) is 0 Å². The largest absolute Gasteiger partial charge is 0.449 e. The van der Waals surface area contributed by atoms with Gasteiger partial charge in [0.05, 0.1) is 0 Å².